The van der Waals surface area contributed by atoms with Gasteiger partial charge < -0.3 is 14.4 Å². The third-order valence-corrected chi connectivity index (χ3v) is 3.75. The van der Waals surface area contributed by atoms with Gasteiger partial charge in [0.2, 0.25) is 11.8 Å². The molecule has 2 aromatic rings. The molecule has 134 valence electrons. The van der Waals surface area contributed by atoms with Gasteiger partial charge in [-0.3, -0.25) is 0 Å². The predicted molar refractivity (Wildman–Crippen MR) is 81.5 cm³/mol. The van der Waals surface area contributed by atoms with Crippen LogP contribution in [0.1, 0.15) is 18.5 Å². The van der Waals surface area contributed by atoms with E-state index in [1.54, 1.807) is 12.3 Å². The Hall–Kier alpha value is -2.65. The molecule has 0 unspecified atom stereocenters. The molecule has 10 heteroatoms. The third kappa shape index (κ3) is 4.25. The Morgan fingerprint density at radius 1 is 1.08 bits per heavy atom. The lowest BCUT2D eigenvalue weighted by Gasteiger charge is -2.31. The second kappa shape index (κ2) is 7.08. The Morgan fingerprint density at radius 2 is 1.80 bits per heavy atom. The Bertz CT molecular complexity index is 720. The van der Waals surface area contributed by atoms with Gasteiger partial charge in [0.05, 0.1) is 7.11 Å². The number of alkyl halides is 3. The molecule has 1 saturated heterocycles. The second-order valence-electron chi connectivity index (χ2n) is 5.43. The van der Waals surface area contributed by atoms with Crippen LogP contribution in [0.15, 0.2) is 24.5 Å². The van der Waals surface area contributed by atoms with E-state index in [4.69, 9.17) is 9.47 Å². The summed E-state index contributed by atoms with van der Waals surface area (Å²) in [7, 11) is 1.53. The third-order valence-electron chi connectivity index (χ3n) is 3.75. The van der Waals surface area contributed by atoms with E-state index in [0.29, 0.717) is 37.8 Å². The van der Waals surface area contributed by atoms with Gasteiger partial charge in [-0.1, -0.05) is 0 Å². The number of methoxy groups -OCH3 is 1. The van der Waals surface area contributed by atoms with Crippen LogP contribution in [0.25, 0.3) is 0 Å². The molecule has 0 aliphatic carbocycles. The zero-order valence-electron chi connectivity index (χ0n) is 13.4. The van der Waals surface area contributed by atoms with Crippen molar-refractivity contribution in [2.24, 2.45) is 0 Å². The largest absolute Gasteiger partial charge is 0.481 e. The zero-order valence-corrected chi connectivity index (χ0v) is 13.4. The van der Waals surface area contributed by atoms with E-state index < -0.39 is 11.9 Å². The van der Waals surface area contributed by atoms with Crippen molar-refractivity contribution in [2.75, 3.05) is 25.1 Å². The molecule has 0 N–H and O–H groups in total. The number of nitrogens with zero attached hydrogens (tertiary/aromatic N) is 5. The van der Waals surface area contributed by atoms with Crippen LogP contribution in [-0.4, -0.2) is 46.2 Å². The molecule has 1 aliphatic rings. The van der Waals surface area contributed by atoms with E-state index in [0.717, 1.165) is 12.3 Å². The van der Waals surface area contributed by atoms with E-state index in [9.17, 15) is 13.2 Å². The molecular formula is C15H16F3N5O2. The summed E-state index contributed by atoms with van der Waals surface area (Å²) in [5.41, 5.74) is -1.01. The summed E-state index contributed by atoms with van der Waals surface area (Å²) < 4.78 is 48.6. The highest BCUT2D eigenvalue weighted by Gasteiger charge is 2.33. The SMILES string of the molecule is COc1ccnc(N2CCC(Oc3nccc(C(F)(F)F)n3)CC2)n1. The quantitative estimate of drug-likeness (QED) is 0.833. The number of hydrogen-bond donors (Lipinski definition) is 0. The lowest BCUT2D eigenvalue weighted by Crippen LogP contribution is -2.39. The summed E-state index contributed by atoms with van der Waals surface area (Å²) >= 11 is 0. The summed E-state index contributed by atoms with van der Waals surface area (Å²) in [5.74, 6) is 1.02. The fourth-order valence-electron chi connectivity index (χ4n) is 2.48. The van der Waals surface area contributed by atoms with E-state index in [1.165, 1.54) is 7.11 Å². The predicted octanol–water partition coefficient (Wildman–Crippen LogP) is 2.34. The molecule has 3 rings (SSSR count). The first-order valence-electron chi connectivity index (χ1n) is 7.64. The molecule has 3 heterocycles. The van der Waals surface area contributed by atoms with Crippen molar-refractivity contribution in [1.29, 1.82) is 0 Å². The lowest BCUT2D eigenvalue weighted by atomic mass is 10.1. The molecule has 7 nitrogen and oxygen atoms in total. The van der Waals surface area contributed by atoms with Crippen molar-refractivity contribution in [3.63, 3.8) is 0 Å². The molecular weight excluding hydrogens is 339 g/mol. The molecule has 0 radical (unpaired) electrons. The molecule has 1 fully saturated rings. The lowest BCUT2D eigenvalue weighted by molar-refractivity contribution is -0.141. The van der Waals surface area contributed by atoms with Gasteiger partial charge in [-0.15, -0.1) is 0 Å². The van der Waals surface area contributed by atoms with Crippen LogP contribution in [0.5, 0.6) is 11.9 Å². The van der Waals surface area contributed by atoms with Crippen molar-refractivity contribution in [1.82, 2.24) is 19.9 Å². The smallest absolute Gasteiger partial charge is 0.433 e. The minimum absolute atomic E-state index is 0.258. The van der Waals surface area contributed by atoms with E-state index >= 15 is 0 Å². The van der Waals surface area contributed by atoms with E-state index in [2.05, 4.69) is 19.9 Å². The van der Waals surface area contributed by atoms with Crippen molar-refractivity contribution >= 4 is 5.95 Å². The molecule has 0 atom stereocenters. The number of halogens is 3. The van der Waals surface area contributed by atoms with Crippen LogP contribution in [0.3, 0.4) is 0 Å². The van der Waals surface area contributed by atoms with Gasteiger partial charge in [0.15, 0.2) is 5.69 Å². The van der Waals surface area contributed by atoms with Crippen LogP contribution in [0, 0.1) is 0 Å². The average Bonchev–Trinajstić information content (AvgIpc) is 2.62. The van der Waals surface area contributed by atoms with Crippen LogP contribution in [0.4, 0.5) is 19.1 Å². The number of piperidine rings is 1. The maximum Gasteiger partial charge on any atom is 0.433 e. The maximum absolute atomic E-state index is 12.7. The van der Waals surface area contributed by atoms with Gasteiger partial charge in [-0.2, -0.15) is 23.1 Å². The first kappa shape index (κ1) is 17.2. The zero-order chi connectivity index (χ0) is 17.9. The van der Waals surface area contributed by atoms with Crippen LogP contribution < -0.4 is 14.4 Å². The van der Waals surface area contributed by atoms with Crippen molar-refractivity contribution in [2.45, 2.75) is 25.1 Å². The Balaban J connectivity index is 1.59. The van der Waals surface area contributed by atoms with Gasteiger partial charge in [0, 0.05) is 44.4 Å². The Labute approximate surface area is 141 Å². The number of hydrogen-bond acceptors (Lipinski definition) is 7. The van der Waals surface area contributed by atoms with Gasteiger partial charge in [0.25, 0.3) is 0 Å². The highest BCUT2D eigenvalue weighted by Crippen LogP contribution is 2.28. The number of rotatable bonds is 4. The molecule has 0 aromatic carbocycles. The normalized spacial score (nSPS) is 15.9. The molecule has 0 spiro atoms. The number of ether oxygens (including phenoxy) is 2. The topological polar surface area (TPSA) is 73.3 Å². The molecule has 1 aliphatic heterocycles. The molecule has 2 aromatic heterocycles. The van der Waals surface area contributed by atoms with E-state index in [1.807, 2.05) is 4.90 Å². The Kier molecular flexibility index (Phi) is 4.86. The minimum Gasteiger partial charge on any atom is -0.481 e. The van der Waals surface area contributed by atoms with Gasteiger partial charge in [-0.05, 0) is 6.07 Å². The fraction of sp³-hybridized carbons (Fsp3) is 0.467. The standard InChI is InChI=1S/C15H16F3N5O2/c1-24-12-3-7-19-13(22-12)23-8-4-10(5-9-23)25-14-20-6-2-11(21-14)15(16,17)18/h2-3,6-7,10H,4-5,8-9H2,1H3. The molecule has 0 saturated carbocycles. The molecule has 25 heavy (non-hydrogen) atoms. The first-order valence-corrected chi connectivity index (χ1v) is 7.64. The summed E-state index contributed by atoms with van der Waals surface area (Å²) in [6, 6.07) is 2.21. The van der Waals surface area contributed by atoms with Gasteiger partial charge >= 0.3 is 12.2 Å². The van der Waals surface area contributed by atoms with Crippen molar-refractivity contribution in [3.05, 3.63) is 30.2 Å². The van der Waals surface area contributed by atoms with Crippen LogP contribution in [-0.2, 0) is 6.18 Å². The summed E-state index contributed by atoms with van der Waals surface area (Å²) in [6.45, 7) is 1.22. The second-order valence-corrected chi connectivity index (χ2v) is 5.43. The van der Waals surface area contributed by atoms with Crippen molar-refractivity contribution < 1.29 is 22.6 Å². The van der Waals surface area contributed by atoms with Crippen LogP contribution >= 0.6 is 0 Å². The molecule has 0 amide bonds. The summed E-state index contributed by atoms with van der Waals surface area (Å²) in [5, 5.41) is 0. The maximum atomic E-state index is 12.7. The number of aromatic nitrogens is 4. The highest BCUT2D eigenvalue weighted by atomic mass is 19.4. The van der Waals surface area contributed by atoms with Crippen LogP contribution in [0.2, 0.25) is 0 Å². The fourth-order valence-corrected chi connectivity index (χ4v) is 2.48. The minimum atomic E-state index is -4.52. The van der Waals surface area contributed by atoms with Gasteiger partial charge in [-0.25, -0.2) is 9.97 Å². The first-order chi connectivity index (χ1) is 12.0. The highest BCUT2D eigenvalue weighted by molar-refractivity contribution is 5.32. The average molecular weight is 355 g/mol. The van der Waals surface area contributed by atoms with E-state index in [-0.39, 0.29) is 12.1 Å². The number of anilines is 1. The monoisotopic (exact) mass is 355 g/mol. The van der Waals surface area contributed by atoms with Crippen molar-refractivity contribution in [3.8, 4) is 11.9 Å². The Morgan fingerprint density at radius 3 is 2.48 bits per heavy atom. The summed E-state index contributed by atoms with van der Waals surface area (Å²) in [6.07, 6.45) is -0.927. The van der Waals surface area contributed by atoms with Gasteiger partial charge in [0.1, 0.15) is 6.10 Å². The summed E-state index contributed by atoms with van der Waals surface area (Å²) in [4.78, 5) is 17.6. The molecule has 0 bridgehead atoms.